The number of amides is 1. The molecule has 1 aliphatic carbocycles. The lowest BCUT2D eigenvalue weighted by atomic mass is 10.00. The third-order valence-corrected chi connectivity index (χ3v) is 4.46. The van der Waals surface area contributed by atoms with Crippen LogP contribution >= 0.6 is 0 Å². The first kappa shape index (κ1) is 14.9. The quantitative estimate of drug-likeness (QED) is 0.794. The molecule has 4 nitrogen and oxygen atoms in total. The highest BCUT2D eigenvalue weighted by Gasteiger charge is 2.43. The van der Waals surface area contributed by atoms with E-state index in [9.17, 15) is 9.18 Å². The summed E-state index contributed by atoms with van der Waals surface area (Å²) >= 11 is 0. The van der Waals surface area contributed by atoms with Crippen LogP contribution < -0.4 is 5.32 Å². The number of nitrogens with one attached hydrogen (secondary N) is 1. The van der Waals surface area contributed by atoms with Crippen molar-refractivity contribution < 1.29 is 9.18 Å². The lowest BCUT2D eigenvalue weighted by Gasteiger charge is -2.07. The Morgan fingerprint density at radius 2 is 2.04 bits per heavy atom. The van der Waals surface area contributed by atoms with Gasteiger partial charge in [0.2, 0.25) is 5.91 Å². The number of alkyl halides is 1. The van der Waals surface area contributed by atoms with Crippen LogP contribution in [0, 0.1) is 19.8 Å². The second kappa shape index (κ2) is 5.44. The molecule has 1 aromatic carbocycles. The molecule has 1 aliphatic rings. The van der Waals surface area contributed by atoms with Gasteiger partial charge in [-0.25, -0.2) is 9.37 Å². The van der Waals surface area contributed by atoms with Crippen molar-refractivity contribution in [3.05, 3.63) is 53.9 Å². The molecule has 0 radical (unpaired) electrons. The minimum atomic E-state index is -1.00. The largest absolute Gasteiger partial charge is 0.309 e. The molecule has 1 saturated carbocycles. The van der Waals surface area contributed by atoms with E-state index in [0.717, 1.165) is 11.2 Å². The number of carbonyl (C=O) groups is 1. The molecule has 5 heteroatoms. The van der Waals surface area contributed by atoms with Crippen LogP contribution in [-0.2, 0) is 4.79 Å². The minimum absolute atomic E-state index is 0.291. The molecular weight excluding hydrogens is 305 g/mol. The average Bonchev–Trinajstić information content (AvgIpc) is 3.15. The number of benzene rings is 1. The highest BCUT2D eigenvalue weighted by atomic mass is 19.1. The molecule has 122 valence electrons. The van der Waals surface area contributed by atoms with Crippen LogP contribution in [0.25, 0.3) is 16.8 Å². The van der Waals surface area contributed by atoms with Crippen molar-refractivity contribution in [2.75, 3.05) is 5.32 Å². The fraction of sp³-hybridized carbons (Fsp3) is 0.263. The van der Waals surface area contributed by atoms with Crippen molar-refractivity contribution in [2.45, 2.75) is 26.4 Å². The molecule has 0 bridgehead atoms. The minimum Gasteiger partial charge on any atom is -0.309 e. The van der Waals surface area contributed by atoms with Crippen molar-refractivity contribution in [1.82, 2.24) is 9.38 Å². The summed E-state index contributed by atoms with van der Waals surface area (Å²) in [6, 6.07) is 10.3. The number of fused-ring (bicyclic) bond motifs is 1. The maximum Gasteiger partial charge on any atom is 0.231 e. The number of halogens is 1. The molecule has 1 fully saturated rings. The number of hydrogen-bond donors (Lipinski definition) is 1. The van der Waals surface area contributed by atoms with Crippen molar-refractivity contribution in [3.63, 3.8) is 0 Å². The van der Waals surface area contributed by atoms with Crippen LogP contribution in [0.15, 0.2) is 42.7 Å². The highest BCUT2D eigenvalue weighted by Crippen LogP contribution is 2.34. The number of pyridine rings is 1. The molecule has 3 aromatic rings. The van der Waals surface area contributed by atoms with E-state index in [1.165, 1.54) is 16.7 Å². The number of imidazole rings is 1. The van der Waals surface area contributed by atoms with Crippen LogP contribution in [0.5, 0.6) is 0 Å². The Morgan fingerprint density at radius 3 is 2.79 bits per heavy atom. The molecular formula is C19H18FN3O. The third-order valence-electron chi connectivity index (χ3n) is 4.46. The van der Waals surface area contributed by atoms with Crippen LogP contribution in [0.4, 0.5) is 10.2 Å². The lowest BCUT2D eigenvalue weighted by Crippen LogP contribution is -2.15. The predicted molar refractivity (Wildman–Crippen MR) is 91.7 cm³/mol. The summed E-state index contributed by atoms with van der Waals surface area (Å²) in [7, 11) is 0. The van der Waals surface area contributed by atoms with Crippen molar-refractivity contribution >= 4 is 17.4 Å². The number of anilines is 1. The summed E-state index contributed by atoms with van der Waals surface area (Å²) in [5, 5.41) is 2.69. The maximum atomic E-state index is 13.0. The zero-order valence-corrected chi connectivity index (χ0v) is 13.6. The van der Waals surface area contributed by atoms with Gasteiger partial charge in [0.15, 0.2) is 5.82 Å². The van der Waals surface area contributed by atoms with Crippen LogP contribution in [0.2, 0.25) is 0 Å². The second-order valence-corrected chi connectivity index (χ2v) is 6.48. The van der Waals surface area contributed by atoms with E-state index in [1.807, 2.05) is 22.7 Å². The molecule has 0 unspecified atom stereocenters. The molecule has 1 N–H and O–H groups in total. The molecule has 0 aliphatic heterocycles. The Hall–Kier alpha value is -2.69. The summed E-state index contributed by atoms with van der Waals surface area (Å²) in [5.41, 5.74) is 5.42. The van der Waals surface area contributed by atoms with Gasteiger partial charge in [-0.1, -0.05) is 23.8 Å². The van der Waals surface area contributed by atoms with Gasteiger partial charge >= 0.3 is 0 Å². The summed E-state index contributed by atoms with van der Waals surface area (Å²) in [6.07, 6.45) is 3.07. The van der Waals surface area contributed by atoms with Gasteiger partial charge in [-0.15, -0.1) is 0 Å². The van der Waals surface area contributed by atoms with Gasteiger partial charge in [0.1, 0.15) is 11.8 Å². The monoisotopic (exact) mass is 323 g/mol. The first-order valence-corrected chi connectivity index (χ1v) is 8.02. The molecule has 4 rings (SSSR count). The molecule has 1 amide bonds. The summed E-state index contributed by atoms with van der Waals surface area (Å²) in [6.45, 7) is 4.16. The lowest BCUT2D eigenvalue weighted by molar-refractivity contribution is -0.117. The van der Waals surface area contributed by atoms with Gasteiger partial charge in [0.05, 0.1) is 12.1 Å². The molecule has 2 heterocycles. The van der Waals surface area contributed by atoms with E-state index in [-0.39, 0.29) is 5.91 Å². The van der Waals surface area contributed by atoms with E-state index >= 15 is 0 Å². The zero-order chi connectivity index (χ0) is 16.8. The van der Waals surface area contributed by atoms with Gasteiger partial charge in [-0.2, -0.15) is 0 Å². The van der Waals surface area contributed by atoms with Crippen LogP contribution in [-0.4, -0.2) is 21.5 Å². The maximum absolute atomic E-state index is 13.0. The SMILES string of the molecule is Cc1ccc(C)c(-c2ccc3nc(NC(=O)[C@@H]4C[C@@H]4F)cn3c2)c1. The van der Waals surface area contributed by atoms with Gasteiger partial charge in [-0.05, 0) is 49.1 Å². The van der Waals surface area contributed by atoms with Gasteiger partial charge in [0.25, 0.3) is 0 Å². The molecule has 0 spiro atoms. The number of aryl methyl sites for hydroxylation is 2. The standard InChI is InChI=1S/C19H18FN3O/c1-11-3-4-12(2)14(7-11)13-5-6-18-21-17(10-23(18)9-13)22-19(24)15-8-16(15)20/h3-7,9-10,15-16H,8H2,1-2H3,(H,22,24)/t15-,16+/m1/s1. The topological polar surface area (TPSA) is 46.4 Å². The van der Waals surface area contributed by atoms with E-state index in [1.54, 1.807) is 6.20 Å². The summed E-state index contributed by atoms with van der Waals surface area (Å²) in [4.78, 5) is 16.2. The van der Waals surface area contributed by atoms with Gasteiger partial charge in [0, 0.05) is 6.20 Å². The first-order chi connectivity index (χ1) is 11.5. The molecule has 2 aromatic heterocycles. The van der Waals surface area contributed by atoms with Gasteiger partial charge in [-0.3, -0.25) is 4.79 Å². The van der Waals surface area contributed by atoms with Crippen molar-refractivity contribution in [2.24, 2.45) is 5.92 Å². The molecule has 0 saturated heterocycles. The van der Waals surface area contributed by atoms with Crippen molar-refractivity contribution in [3.8, 4) is 11.1 Å². The van der Waals surface area contributed by atoms with Gasteiger partial charge < -0.3 is 9.72 Å². The molecule has 24 heavy (non-hydrogen) atoms. The Balaban J connectivity index is 1.66. The Bertz CT molecular complexity index is 947. The number of carbonyl (C=O) groups excluding carboxylic acids is 1. The van der Waals surface area contributed by atoms with E-state index in [0.29, 0.717) is 12.2 Å². The predicted octanol–water partition coefficient (Wildman–Crippen LogP) is 3.91. The summed E-state index contributed by atoms with van der Waals surface area (Å²) < 4.78 is 14.8. The second-order valence-electron chi connectivity index (χ2n) is 6.48. The van der Waals surface area contributed by atoms with E-state index in [4.69, 9.17) is 0 Å². The Labute approximate surface area is 139 Å². The average molecular weight is 323 g/mol. The zero-order valence-electron chi connectivity index (χ0n) is 13.6. The van der Waals surface area contributed by atoms with Crippen LogP contribution in [0.3, 0.4) is 0 Å². The normalized spacial score (nSPS) is 19.5. The highest BCUT2D eigenvalue weighted by molar-refractivity contribution is 5.94. The summed E-state index contributed by atoms with van der Waals surface area (Å²) in [5.74, 6) is -0.349. The van der Waals surface area contributed by atoms with Crippen LogP contribution in [0.1, 0.15) is 17.5 Å². The third kappa shape index (κ3) is 2.66. The smallest absolute Gasteiger partial charge is 0.231 e. The number of aromatic nitrogens is 2. The Kier molecular flexibility index (Phi) is 3.37. The molecule has 2 atom stereocenters. The fourth-order valence-electron chi connectivity index (χ4n) is 2.91. The fourth-order valence-corrected chi connectivity index (χ4v) is 2.91. The first-order valence-electron chi connectivity index (χ1n) is 8.02. The number of nitrogens with zero attached hydrogens (tertiary/aromatic N) is 2. The Morgan fingerprint density at radius 1 is 1.25 bits per heavy atom. The van der Waals surface area contributed by atoms with E-state index < -0.39 is 12.1 Å². The van der Waals surface area contributed by atoms with Crippen molar-refractivity contribution in [1.29, 1.82) is 0 Å². The van der Waals surface area contributed by atoms with E-state index in [2.05, 4.69) is 42.3 Å². The number of rotatable bonds is 3. The number of hydrogen-bond acceptors (Lipinski definition) is 2.